The Balaban J connectivity index is 1.14. The fraction of sp³-hybridized carbons (Fsp3) is 0.0204. The molecular formula is C49H35N. The van der Waals surface area contributed by atoms with Crippen LogP contribution in [-0.4, -0.2) is 4.57 Å². The van der Waals surface area contributed by atoms with Crippen molar-refractivity contribution in [1.82, 2.24) is 4.57 Å². The van der Waals surface area contributed by atoms with Crippen molar-refractivity contribution < 1.29 is 0 Å². The van der Waals surface area contributed by atoms with Crippen LogP contribution in [0, 0.1) is 0 Å². The summed E-state index contributed by atoms with van der Waals surface area (Å²) in [5.41, 5.74) is 10.7. The molecule has 0 atom stereocenters. The van der Waals surface area contributed by atoms with Gasteiger partial charge in [-0.3, -0.25) is 0 Å². The number of hydrogen-bond donors (Lipinski definition) is 0. The summed E-state index contributed by atoms with van der Waals surface area (Å²) in [7, 11) is 0. The molecule has 0 N–H and O–H groups in total. The quantitative estimate of drug-likeness (QED) is 0.153. The standard InChI is InChI=1S/C49H35N/c1-2-40-46-26-10-11-27-49(46)50(48(40)28-12-17-34-15-4-3-5-16-34)39-21-14-20-37(32-39)35-18-13-19-36(31-35)38-29-30-45-43-24-7-6-22-41(43)42-23-8-9-25-44(42)47(45)33-38/h2-16,18-33H,1,17H2/b28-12-. The van der Waals surface area contributed by atoms with E-state index < -0.39 is 0 Å². The van der Waals surface area contributed by atoms with Crippen LogP contribution in [0.3, 0.4) is 0 Å². The van der Waals surface area contributed by atoms with Gasteiger partial charge in [0.05, 0.1) is 11.2 Å². The maximum Gasteiger partial charge on any atom is 0.0541 e. The van der Waals surface area contributed by atoms with E-state index in [1.54, 1.807) is 0 Å². The van der Waals surface area contributed by atoms with Gasteiger partial charge in [0.15, 0.2) is 0 Å². The van der Waals surface area contributed by atoms with Crippen molar-refractivity contribution in [3.8, 4) is 27.9 Å². The molecule has 0 saturated carbocycles. The smallest absolute Gasteiger partial charge is 0.0541 e. The summed E-state index contributed by atoms with van der Waals surface area (Å²) in [6, 6.07) is 61.6. The minimum Gasteiger partial charge on any atom is -0.309 e. The lowest BCUT2D eigenvalue weighted by Crippen LogP contribution is -1.98. The van der Waals surface area contributed by atoms with Gasteiger partial charge in [0.25, 0.3) is 0 Å². The Hall–Kier alpha value is -6.44. The van der Waals surface area contributed by atoms with Gasteiger partial charge in [-0.1, -0.05) is 158 Å². The van der Waals surface area contributed by atoms with Crippen molar-refractivity contribution in [2.24, 2.45) is 0 Å². The van der Waals surface area contributed by atoms with Crippen LogP contribution < -0.4 is 0 Å². The van der Waals surface area contributed by atoms with E-state index in [1.807, 2.05) is 6.08 Å². The number of aromatic nitrogens is 1. The molecule has 0 unspecified atom stereocenters. The minimum atomic E-state index is 0.868. The third kappa shape index (κ3) is 5.12. The van der Waals surface area contributed by atoms with Crippen LogP contribution in [0.5, 0.6) is 0 Å². The molecule has 8 aromatic carbocycles. The fourth-order valence-electron chi connectivity index (χ4n) is 7.65. The second-order valence-electron chi connectivity index (χ2n) is 12.9. The van der Waals surface area contributed by atoms with Crippen LogP contribution >= 0.6 is 0 Å². The molecule has 0 aliphatic rings. The average molecular weight is 638 g/mol. The minimum absolute atomic E-state index is 0.868. The Labute approximate surface area is 292 Å². The lowest BCUT2D eigenvalue weighted by molar-refractivity contribution is 1.10. The van der Waals surface area contributed by atoms with Crippen molar-refractivity contribution in [3.63, 3.8) is 0 Å². The fourth-order valence-corrected chi connectivity index (χ4v) is 7.65. The molecule has 1 heteroatoms. The Morgan fingerprint density at radius 2 is 0.980 bits per heavy atom. The van der Waals surface area contributed by atoms with Gasteiger partial charge in [-0.15, -0.1) is 0 Å². The van der Waals surface area contributed by atoms with E-state index in [1.165, 1.54) is 71.0 Å². The predicted octanol–water partition coefficient (Wildman–Crippen LogP) is 13.3. The van der Waals surface area contributed by atoms with Gasteiger partial charge in [0, 0.05) is 16.6 Å². The van der Waals surface area contributed by atoms with Gasteiger partial charge in [0.1, 0.15) is 0 Å². The van der Waals surface area contributed by atoms with E-state index in [0.717, 1.165) is 23.4 Å². The molecule has 1 heterocycles. The molecule has 1 nitrogen and oxygen atoms in total. The van der Waals surface area contributed by atoms with Crippen molar-refractivity contribution in [1.29, 1.82) is 0 Å². The number of rotatable bonds is 7. The molecule has 0 fully saturated rings. The van der Waals surface area contributed by atoms with Crippen LogP contribution in [0.4, 0.5) is 0 Å². The van der Waals surface area contributed by atoms with Crippen molar-refractivity contribution >= 4 is 55.4 Å². The zero-order valence-electron chi connectivity index (χ0n) is 27.8. The molecule has 0 bridgehead atoms. The first-order valence-electron chi connectivity index (χ1n) is 17.3. The van der Waals surface area contributed by atoms with E-state index in [4.69, 9.17) is 0 Å². The Morgan fingerprint density at radius 1 is 0.440 bits per heavy atom. The summed E-state index contributed by atoms with van der Waals surface area (Å²) in [6.07, 6.45) is 7.37. The van der Waals surface area contributed by atoms with Crippen LogP contribution in [0.1, 0.15) is 16.8 Å². The number of hydrogen-bond acceptors (Lipinski definition) is 0. The zero-order chi connectivity index (χ0) is 33.4. The molecular weight excluding hydrogens is 603 g/mol. The molecule has 0 radical (unpaired) electrons. The summed E-state index contributed by atoms with van der Waals surface area (Å²) in [5, 5.41) is 8.96. The lowest BCUT2D eigenvalue weighted by Gasteiger charge is -2.13. The number of nitrogens with zero attached hydrogens (tertiary/aromatic N) is 1. The number of para-hydroxylation sites is 1. The summed E-state index contributed by atoms with van der Waals surface area (Å²) in [4.78, 5) is 0. The van der Waals surface area contributed by atoms with Gasteiger partial charge in [0.2, 0.25) is 0 Å². The first-order chi connectivity index (χ1) is 24.8. The zero-order valence-corrected chi connectivity index (χ0v) is 27.8. The van der Waals surface area contributed by atoms with E-state index in [0.29, 0.717) is 0 Å². The summed E-state index contributed by atoms with van der Waals surface area (Å²) in [5.74, 6) is 0. The molecule has 50 heavy (non-hydrogen) atoms. The Bertz CT molecular complexity index is 2710. The molecule has 236 valence electrons. The third-order valence-corrected chi connectivity index (χ3v) is 10.0. The molecule has 0 amide bonds. The van der Waals surface area contributed by atoms with E-state index in [9.17, 15) is 0 Å². The molecule has 1 aromatic heterocycles. The van der Waals surface area contributed by atoms with Crippen molar-refractivity contribution in [2.45, 2.75) is 6.42 Å². The molecule has 0 aliphatic heterocycles. The first kappa shape index (κ1) is 29.7. The van der Waals surface area contributed by atoms with Crippen LogP contribution in [0.15, 0.2) is 183 Å². The van der Waals surface area contributed by atoms with Crippen molar-refractivity contribution in [3.05, 3.63) is 199 Å². The Morgan fingerprint density at radius 3 is 1.66 bits per heavy atom. The Kier molecular flexibility index (Phi) is 7.44. The topological polar surface area (TPSA) is 4.93 Å². The highest BCUT2D eigenvalue weighted by Gasteiger charge is 2.16. The van der Waals surface area contributed by atoms with E-state index in [2.05, 4.69) is 193 Å². The van der Waals surface area contributed by atoms with Gasteiger partial charge in [-0.25, -0.2) is 0 Å². The number of fused-ring (bicyclic) bond motifs is 7. The molecule has 0 aliphatic carbocycles. The summed E-state index contributed by atoms with van der Waals surface area (Å²) >= 11 is 0. The molecule has 0 saturated heterocycles. The maximum absolute atomic E-state index is 4.22. The van der Waals surface area contributed by atoms with Crippen LogP contribution in [-0.2, 0) is 6.42 Å². The largest absolute Gasteiger partial charge is 0.309 e. The highest BCUT2D eigenvalue weighted by Crippen LogP contribution is 2.38. The second kappa shape index (κ2) is 12.5. The second-order valence-corrected chi connectivity index (χ2v) is 12.9. The highest BCUT2D eigenvalue weighted by molar-refractivity contribution is 6.25. The highest BCUT2D eigenvalue weighted by atomic mass is 15.0. The van der Waals surface area contributed by atoms with Crippen molar-refractivity contribution in [2.75, 3.05) is 0 Å². The van der Waals surface area contributed by atoms with Crippen LogP contribution in [0.2, 0.25) is 0 Å². The summed E-state index contributed by atoms with van der Waals surface area (Å²) in [6.45, 7) is 4.22. The monoisotopic (exact) mass is 637 g/mol. The van der Waals surface area contributed by atoms with Gasteiger partial charge in [-0.2, -0.15) is 0 Å². The SMILES string of the molecule is C=Cc1c(/C=C\Cc2ccccc2)n(-c2cccc(-c3cccc(-c4ccc5c6ccccc6c6ccccc6c5c4)c3)c2)c2ccccc12. The van der Waals surface area contributed by atoms with E-state index >= 15 is 0 Å². The van der Waals surface area contributed by atoms with Crippen LogP contribution in [0.25, 0.3) is 83.3 Å². The van der Waals surface area contributed by atoms with Gasteiger partial charge in [-0.05, 0) is 103 Å². The molecule has 9 rings (SSSR count). The summed E-state index contributed by atoms with van der Waals surface area (Å²) < 4.78 is 2.37. The first-order valence-corrected chi connectivity index (χ1v) is 17.3. The lowest BCUT2D eigenvalue weighted by atomic mass is 9.91. The number of benzene rings is 8. The van der Waals surface area contributed by atoms with Gasteiger partial charge >= 0.3 is 0 Å². The van der Waals surface area contributed by atoms with E-state index in [-0.39, 0.29) is 0 Å². The predicted molar refractivity (Wildman–Crippen MR) is 216 cm³/mol. The number of allylic oxidation sites excluding steroid dienone is 1. The third-order valence-electron chi connectivity index (χ3n) is 10.0. The maximum atomic E-state index is 4.22. The average Bonchev–Trinajstić information content (AvgIpc) is 3.51. The molecule has 0 spiro atoms. The molecule has 9 aromatic rings. The van der Waals surface area contributed by atoms with Gasteiger partial charge < -0.3 is 4.57 Å². The normalized spacial score (nSPS) is 11.7.